The number of ether oxygens (including phenoxy) is 1. The predicted octanol–water partition coefficient (Wildman–Crippen LogP) is 2.50. The Bertz CT molecular complexity index is 320. The van der Waals surface area contributed by atoms with Gasteiger partial charge in [0.15, 0.2) is 11.4 Å². The van der Waals surface area contributed by atoms with E-state index in [2.05, 4.69) is 25.7 Å². The van der Waals surface area contributed by atoms with Gasteiger partial charge in [-0.3, -0.25) is 0 Å². The van der Waals surface area contributed by atoms with Crippen LogP contribution in [0.15, 0.2) is 10.5 Å². The monoisotopic (exact) mass is 253 g/mol. The van der Waals surface area contributed by atoms with Crippen LogP contribution in [0, 0.1) is 0 Å². The Labute approximate surface area is 81.5 Å². The fourth-order valence-electron chi connectivity index (χ4n) is 0.760. The summed E-state index contributed by atoms with van der Waals surface area (Å²) >= 11 is 2.90. The largest absolute Gasteiger partial charge is 0.505 e. The molecule has 13 heavy (non-hydrogen) atoms. The van der Waals surface area contributed by atoms with Gasteiger partial charge in [-0.2, -0.15) is 0 Å². The van der Waals surface area contributed by atoms with Crippen LogP contribution in [0.2, 0.25) is 0 Å². The molecule has 0 bridgehead atoms. The van der Waals surface area contributed by atoms with E-state index in [1.54, 1.807) is 0 Å². The molecule has 72 valence electrons. The molecular weight excluding hydrogens is 248 g/mol. The van der Waals surface area contributed by atoms with Crippen LogP contribution in [0.25, 0.3) is 0 Å². The molecule has 1 aromatic rings. The van der Waals surface area contributed by atoms with Crippen LogP contribution in [-0.2, 0) is 0 Å². The van der Waals surface area contributed by atoms with Crippen molar-refractivity contribution in [1.29, 1.82) is 0 Å². The van der Waals surface area contributed by atoms with E-state index in [1.807, 2.05) is 0 Å². The quantitative estimate of drug-likeness (QED) is 0.881. The molecular formula is C7H6BrF2NO2. The lowest BCUT2D eigenvalue weighted by atomic mass is 10.3. The van der Waals surface area contributed by atoms with Crippen LogP contribution < -0.4 is 4.74 Å². The van der Waals surface area contributed by atoms with Crippen molar-refractivity contribution in [3.63, 3.8) is 0 Å². The summed E-state index contributed by atoms with van der Waals surface area (Å²) in [5.41, 5.74) is -0.689. The van der Waals surface area contributed by atoms with E-state index in [9.17, 15) is 8.78 Å². The Kier molecular flexibility index (Phi) is 3.02. The number of pyridine rings is 1. The van der Waals surface area contributed by atoms with Crippen molar-refractivity contribution in [2.75, 3.05) is 7.11 Å². The number of hydrogen-bond acceptors (Lipinski definition) is 3. The second-order valence-electron chi connectivity index (χ2n) is 2.18. The zero-order valence-corrected chi connectivity index (χ0v) is 8.18. The molecule has 0 radical (unpaired) electrons. The van der Waals surface area contributed by atoms with E-state index in [-0.39, 0.29) is 10.4 Å². The maximum absolute atomic E-state index is 12.2. The highest BCUT2D eigenvalue weighted by Crippen LogP contribution is 2.35. The zero-order chi connectivity index (χ0) is 10.0. The molecule has 1 aromatic heterocycles. The summed E-state index contributed by atoms with van der Waals surface area (Å²) in [4.78, 5) is 3.40. The standard InChI is InChI=1S/C7H6BrF2NO2/c1-13-4-2-3(8)6(12)5(11-4)7(9)10/h2,7,12H,1H3. The highest BCUT2D eigenvalue weighted by Gasteiger charge is 2.18. The Hall–Kier alpha value is -0.910. The predicted molar refractivity (Wildman–Crippen MR) is 45.1 cm³/mol. The molecule has 0 aliphatic carbocycles. The molecule has 3 nitrogen and oxygen atoms in total. The molecule has 0 spiro atoms. The van der Waals surface area contributed by atoms with Gasteiger partial charge in [0.25, 0.3) is 6.43 Å². The summed E-state index contributed by atoms with van der Waals surface area (Å²) in [6, 6.07) is 1.31. The van der Waals surface area contributed by atoms with Gasteiger partial charge in [0.05, 0.1) is 11.6 Å². The molecule has 0 aromatic carbocycles. The minimum Gasteiger partial charge on any atom is -0.505 e. The number of rotatable bonds is 2. The maximum Gasteiger partial charge on any atom is 0.284 e. The lowest BCUT2D eigenvalue weighted by Gasteiger charge is -2.06. The summed E-state index contributed by atoms with van der Waals surface area (Å²) < 4.78 is 29.2. The van der Waals surface area contributed by atoms with Crippen LogP contribution in [0.1, 0.15) is 12.1 Å². The molecule has 0 aliphatic rings. The summed E-state index contributed by atoms with van der Waals surface area (Å²) in [7, 11) is 1.31. The second kappa shape index (κ2) is 3.87. The van der Waals surface area contributed by atoms with Gasteiger partial charge in [0, 0.05) is 6.07 Å². The summed E-state index contributed by atoms with van der Waals surface area (Å²) in [5.74, 6) is -0.532. The first-order chi connectivity index (χ1) is 6.06. The molecule has 1 N–H and O–H groups in total. The molecule has 0 unspecified atom stereocenters. The van der Waals surface area contributed by atoms with Gasteiger partial charge in [-0.15, -0.1) is 0 Å². The van der Waals surface area contributed by atoms with Crippen molar-refractivity contribution >= 4 is 15.9 Å². The molecule has 0 aliphatic heterocycles. The van der Waals surface area contributed by atoms with E-state index < -0.39 is 17.9 Å². The lowest BCUT2D eigenvalue weighted by molar-refractivity contribution is 0.140. The third-order valence-electron chi connectivity index (χ3n) is 1.37. The van der Waals surface area contributed by atoms with Crippen LogP contribution in [0.5, 0.6) is 11.6 Å². The Morgan fingerprint density at radius 1 is 1.62 bits per heavy atom. The minimum absolute atomic E-state index is 0.0278. The fraction of sp³-hybridized carbons (Fsp3) is 0.286. The first-order valence-corrected chi connectivity index (χ1v) is 4.07. The molecule has 0 atom stereocenters. The van der Waals surface area contributed by atoms with Crippen LogP contribution in [0.4, 0.5) is 8.78 Å². The normalized spacial score (nSPS) is 10.5. The number of methoxy groups -OCH3 is 1. The SMILES string of the molecule is COc1cc(Br)c(O)c(C(F)F)n1. The molecule has 6 heteroatoms. The minimum atomic E-state index is -2.83. The zero-order valence-electron chi connectivity index (χ0n) is 6.59. The van der Waals surface area contributed by atoms with Crippen LogP contribution in [0.3, 0.4) is 0 Å². The van der Waals surface area contributed by atoms with Crippen molar-refractivity contribution in [3.8, 4) is 11.6 Å². The third kappa shape index (κ3) is 2.06. The summed E-state index contributed by atoms with van der Waals surface area (Å²) in [5, 5.41) is 9.14. The summed E-state index contributed by atoms with van der Waals surface area (Å²) in [6.07, 6.45) is -2.83. The van der Waals surface area contributed by atoms with E-state index in [1.165, 1.54) is 13.2 Å². The number of hydrogen-bond donors (Lipinski definition) is 1. The van der Waals surface area contributed by atoms with Crippen molar-refractivity contribution in [2.45, 2.75) is 6.43 Å². The molecule has 0 amide bonds. The fourth-order valence-corrected chi connectivity index (χ4v) is 1.16. The molecule has 1 rings (SSSR count). The van der Waals surface area contributed by atoms with Crippen LogP contribution >= 0.6 is 15.9 Å². The highest BCUT2D eigenvalue weighted by molar-refractivity contribution is 9.10. The van der Waals surface area contributed by atoms with E-state index in [0.717, 1.165) is 0 Å². The van der Waals surface area contributed by atoms with Gasteiger partial charge in [0.2, 0.25) is 5.88 Å². The third-order valence-corrected chi connectivity index (χ3v) is 1.97. The second-order valence-corrected chi connectivity index (χ2v) is 3.04. The number of aromatic nitrogens is 1. The average molecular weight is 254 g/mol. The van der Waals surface area contributed by atoms with Gasteiger partial charge in [-0.25, -0.2) is 13.8 Å². The number of nitrogens with zero attached hydrogens (tertiary/aromatic N) is 1. The van der Waals surface area contributed by atoms with Crippen molar-refractivity contribution in [1.82, 2.24) is 4.98 Å². The number of aromatic hydroxyl groups is 1. The number of alkyl halides is 2. The average Bonchev–Trinajstić information content (AvgIpc) is 2.09. The molecule has 0 fully saturated rings. The van der Waals surface area contributed by atoms with Gasteiger partial charge in [0.1, 0.15) is 0 Å². The van der Waals surface area contributed by atoms with E-state index >= 15 is 0 Å². The number of halogens is 3. The smallest absolute Gasteiger partial charge is 0.284 e. The lowest BCUT2D eigenvalue weighted by Crippen LogP contribution is -1.95. The van der Waals surface area contributed by atoms with Crippen molar-refractivity contribution in [3.05, 3.63) is 16.2 Å². The van der Waals surface area contributed by atoms with Gasteiger partial charge in [-0.1, -0.05) is 0 Å². The van der Waals surface area contributed by atoms with Crippen molar-refractivity contribution < 1.29 is 18.6 Å². The van der Waals surface area contributed by atoms with Crippen LogP contribution in [-0.4, -0.2) is 17.2 Å². The topological polar surface area (TPSA) is 42.4 Å². The highest BCUT2D eigenvalue weighted by atomic mass is 79.9. The molecule has 0 saturated heterocycles. The Balaban J connectivity index is 3.25. The van der Waals surface area contributed by atoms with Gasteiger partial charge >= 0.3 is 0 Å². The van der Waals surface area contributed by atoms with E-state index in [0.29, 0.717) is 0 Å². The first kappa shape index (κ1) is 10.2. The van der Waals surface area contributed by atoms with Crippen molar-refractivity contribution in [2.24, 2.45) is 0 Å². The van der Waals surface area contributed by atoms with Gasteiger partial charge in [-0.05, 0) is 15.9 Å². The summed E-state index contributed by atoms with van der Waals surface area (Å²) in [6.45, 7) is 0. The van der Waals surface area contributed by atoms with E-state index in [4.69, 9.17) is 5.11 Å². The van der Waals surface area contributed by atoms with Gasteiger partial charge < -0.3 is 9.84 Å². The molecule has 1 heterocycles. The first-order valence-electron chi connectivity index (χ1n) is 3.27. The molecule has 0 saturated carbocycles. The maximum atomic E-state index is 12.2. The Morgan fingerprint density at radius 3 is 2.69 bits per heavy atom. The Morgan fingerprint density at radius 2 is 2.23 bits per heavy atom.